The molecule has 86 valence electrons. The van der Waals surface area contributed by atoms with Crippen molar-refractivity contribution in [2.24, 2.45) is 17.6 Å². The quantitative estimate of drug-likeness (QED) is 0.825. The maximum absolute atomic E-state index is 6.51. The monoisotopic (exact) mass is 219 g/mol. The first-order valence-corrected chi connectivity index (χ1v) is 6.38. The fourth-order valence-electron chi connectivity index (χ4n) is 3.57. The van der Waals surface area contributed by atoms with Crippen molar-refractivity contribution in [2.45, 2.75) is 50.0 Å². The van der Waals surface area contributed by atoms with Crippen LogP contribution in [0.1, 0.15) is 56.2 Å². The molecule has 3 aliphatic carbocycles. The lowest BCUT2D eigenvalue weighted by Gasteiger charge is -2.30. The molecular weight excluding hydrogens is 202 g/mol. The lowest BCUT2D eigenvalue weighted by atomic mass is 9.81. The standard InChI is InChI=1S/C12H17N3O/c13-12(6-7-1-4-9(12)5-7)11-14-10(16-15-11)8-2-3-8/h7-9H,1-6,13H2. The number of fused-ring (bicyclic) bond motifs is 2. The summed E-state index contributed by atoms with van der Waals surface area (Å²) in [4.78, 5) is 4.54. The van der Waals surface area contributed by atoms with E-state index >= 15 is 0 Å². The minimum atomic E-state index is -0.278. The van der Waals surface area contributed by atoms with E-state index < -0.39 is 0 Å². The van der Waals surface area contributed by atoms with Gasteiger partial charge in [0.1, 0.15) is 0 Å². The first kappa shape index (κ1) is 9.16. The molecule has 3 aliphatic rings. The van der Waals surface area contributed by atoms with E-state index in [-0.39, 0.29) is 5.54 Å². The van der Waals surface area contributed by atoms with Gasteiger partial charge in [0.15, 0.2) is 5.82 Å². The highest BCUT2D eigenvalue weighted by Gasteiger charge is 2.52. The van der Waals surface area contributed by atoms with Crippen LogP contribution in [0, 0.1) is 11.8 Å². The van der Waals surface area contributed by atoms with Gasteiger partial charge < -0.3 is 10.3 Å². The fourth-order valence-corrected chi connectivity index (χ4v) is 3.57. The van der Waals surface area contributed by atoms with E-state index in [1.807, 2.05) is 0 Å². The van der Waals surface area contributed by atoms with Crippen LogP contribution in [0.4, 0.5) is 0 Å². The van der Waals surface area contributed by atoms with E-state index in [9.17, 15) is 0 Å². The zero-order valence-electron chi connectivity index (χ0n) is 9.35. The third-order valence-corrected chi connectivity index (χ3v) is 4.68. The predicted molar refractivity (Wildman–Crippen MR) is 57.6 cm³/mol. The molecule has 0 radical (unpaired) electrons. The number of hydrogen-bond donors (Lipinski definition) is 1. The molecule has 3 fully saturated rings. The SMILES string of the molecule is NC1(c2noc(C3CC3)n2)CC2CCC1C2. The Morgan fingerprint density at radius 2 is 2.12 bits per heavy atom. The molecule has 4 rings (SSSR count). The van der Waals surface area contributed by atoms with Crippen LogP contribution in [0.25, 0.3) is 0 Å². The Morgan fingerprint density at radius 3 is 2.75 bits per heavy atom. The molecule has 1 aromatic heterocycles. The summed E-state index contributed by atoms with van der Waals surface area (Å²) < 4.78 is 5.33. The number of nitrogens with two attached hydrogens (primary N) is 1. The van der Waals surface area contributed by atoms with E-state index in [0.29, 0.717) is 11.8 Å². The van der Waals surface area contributed by atoms with Crippen molar-refractivity contribution in [3.8, 4) is 0 Å². The fraction of sp³-hybridized carbons (Fsp3) is 0.833. The lowest BCUT2D eigenvalue weighted by molar-refractivity contribution is 0.250. The first-order valence-electron chi connectivity index (χ1n) is 6.38. The normalized spacial score (nSPS) is 41.8. The van der Waals surface area contributed by atoms with Crippen LogP contribution in [0.3, 0.4) is 0 Å². The van der Waals surface area contributed by atoms with Gasteiger partial charge in [-0.15, -0.1) is 0 Å². The Morgan fingerprint density at radius 1 is 1.25 bits per heavy atom. The van der Waals surface area contributed by atoms with Gasteiger partial charge in [0.05, 0.1) is 5.54 Å². The minimum absolute atomic E-state index is 0.278. The van der Waals surface area contributed by atoms with Gasteiger partial charge in [0.2, 0.25) is 5.89 Å². The van der Waals surface area contributed by atoms with Crippen molar-refractivity contribution in [3.63, 3.8) is 0 Å². The average Bonchev–Trinajstić information content (AvgIpc) is 2.77. The van der Waals surface area contributed by atoms with E-state index in [1.54, 1.807) is 0 Å². The summed E-state index contributed by atoms with van der Waals surface area (Å²) in [6.07, 6.45) is 7.31. The summed E-state index contributed by atoms with van der Waals surface area (Å²) in [7, 11) is 0. The van der Waals surface area contributed by atoms with Gasteiger partial charge in [-0.2, -0.15) is 4.98 Å². The van der Waals surface area contributed by atoms with Crippen LogP contribution in [-0.4, -0.2) is 10.1 Å². The van der Waals surface area contributed by atoms with Crippen LogP contribution in [-0.2, 0) is 5.54 Å². The summed E-state index contributed by atoms with van der Waals surface area (Å²) >= 11 is 0. The Balaban J connectivity index is 1.67. The van der Waals surface area contributed by atoms with E-state index in [4.69, 9.17) is 10.3 Å². The second-order valence-corrected chi connectivity index (χ2v) is 5.85. The van der Waals surface area contributed by atoms with Gasteiger partial charge >= 0.3 is 0 Å². The maximum Gasteiger partial charge on any atom is 0.229 e. The maximum atomic E-state index is 6.51. The molecule has 2 N–H and O–H groups in total. The van der Waals surface area contributed by atoms with Crippen molar-refractivity contribution in [1.29, 1.82) is 0 Å². The zero-order chi connectivity index (χ0) is 10.8. The Kier molecular flexibility index (Phi) is 1.64. The third kappa shape index (κ3) is 1.14. The van der Waals surface area contributed by atoms with Gasteiger partial charge in [0.25, 0.3) is 0 Å². The molecule has 3 unspecified atom stereocenters. The summed E-state index contributed by atoms with van der Waals surface area (Å²) in [5, 5.41) is 4.14. The molecule has 2 bridgehead atoms. The van der Waals surface area contributed by atoms with Crippen molar-refractivity contribution in [3.05, 3.63) is 11.7 Å². The van der Waals surface area contributed by atoms with Gasteiger partial charge in [-0.25, -0.2) is 0 Å². The van der Waals surface area contributed by atoms with Gasteiger partial charge in [-0.1, -0.05) is 11.6 Å². The molecule has 1 heterocycles. The van der Waals surface area contributed by atoms with Crippen LogP contribution < -0.4 is 5.73 Å². The van der Waals surface area contributed by atoms with Gasteiger partial charge in [-0.3, -0.25) is 0 Å². The molecule has 0 aliphatic heterocycles. The highest BCUT2D eigenvalue weighted by atomic mass is 16.5. The molecule has 0 aromatic carbocycles. The second-order valence-electron chi connectivity index (χ2n) is 5.85. The van der Waals surface area contributed by atoms with Crippen LogP contribution in [0.5, 0.6) is 0 Å². The van der Waals surface area contributed by atoms with Crippen LogP contribution >= 0.6 is 0 Å². The number of nitrogens with zero attached hydrogens (tertiary/aromatic N) is 2. The number of hydrogen-bond acceptors (Lipinski definition) is 4. The molecule has 0 saturated heterocycles. The Hall–Kier alpha value is -0.900. The highest BCUT2D eigenvalue weighted by Crippen LogP contribution is 2.53. The zero-order valence-corrected chi connectivity index (χ0v) is 9.35. The highest BCUT2D eigenvalue weighted by molar-refractivity contribution is 5.15. The van der Waals surface area contributed by atoms with Crippen molar-refractivity contribution >= 4 is 0 Å². The molecule has 4 nitrogen and oxygen atoms in total. The molecule has 0 spiro atoms. The lowest BCUT2D eigenvalue weighted by Crippen LogP contribution is -2.42. The minimum Gasteiger partial charge on any atom is -0.339 e. The molecule has 3 saturated carbocycles. The van der Waals surface area contributed by atoms with Gasteiger partial charge in [-0.05, 0) is 43.9 Å². The molecule has 16 heavy (non-hydrogen) atoms. The van der Waals surface area contributed by atoms with Crippen molar-refractivity contribution < 1.29 is 4.52 Å². The van der Waals surface area contributed by atoms with E-state index in [2.05, 4.69) is 10.1 Å². The molecule has 0 amide bonds. The number of rotatable bonds is 2. The van der Waals surface area contributed by atoms with E-state index in [1.165, 1.54) is 32.1 Å². The first-order chi connectivity index (χ1) is 7.75. The molecule has 3 atom stereocenters. The van der Waals surface area contributed by atoms with Crippen LogP contribution in [0.2, 0.25) is 0 Å². The molecule has 1 aromatic rings. The summed E-state index contributed by atoms with van der Waals surface area (Å²) in [6.45, 7) is 0. The Bertz CT molecular complexity index is 426. The number of aromatic nitrogens is 2. The predicted octanol–water partition coefficient (Wildman–Crippen LogP) is 1.92. The average molecular weight is 219 g/mol. The second kappa shape index (κ2) is 2.86. The summed E-state index contributed by atoms with van der Waals surface area (Å²) in [6, 6.07) is 0. The molecular formula is C12H17N3O. The van der Waals surface area contributed by atoms with Crippen molar-refractivity contribution in [2.75, 3.05) is 0 Å². The molecule has 4 heteroatoms. The topological polar surface area (TPSA) is 64.9 Å². The van der Waals surface area contributed by atoms with E-state index in [0.717, 1.165) is 24.1 Å². The summed E-state index contributed by atoms with van der Waals surface area (Å²) in [5.41, 5.74) is 6.24. The van der Waals surface area contributed by atoms with Crippen molar-refractivity contribution in [1.82, 2.24) is 10.1 Å². The van der Waals surface area contributed by atoms with Gasteiger partial charge in [0, 0.05) is 5.92 Å². The smallest absolute Gasteiger partial charge is 0.229 e. The summed E-state index contributed by atoms with van der Waals surface area (Å²) in [5.74, 6) is 3.52. The third-order valence-electron chi connectivity index (χ3n) is 4.68. The largest absolute Gasteiger partial charge is 0.339 e. The Labute approximate surface area is 94.6 Å². The van der Waals surface area contributed by atoms with Crippen LogP contribution in [0.15, 0.2) is 4.52 Å².